The number of methoxy groups -OCH3 is 1. The van der Waals surface area contributed by atoms with E-state index in [2.05, 4.69) is 62.5 Å². The second-order valence-corrected chi connectivity index (χ2v) is 6.68. The lowest BCUT2D eigenvalue weighted by molar-refractivity contribution is -0.0149. The Kier molecular flexibility index (Phi) is 6.20. The van der Waals surface area contributed by atoms with Crippen LogP contribution in [0, 0.1) is 0 Å². The van der Waals surface area contributed by atoms with E-state index < -0.39 is 0 Å². The normalized spacial score (nSPS) is 11.5. The van der Waals surface area contributed by atoms with Crippen molar-refractivity contribution in [2.45, 2.75) is 46.1 Å². The molecule has 1 N–H and O–H groups in total. The Bertz CT molecular complexity index is 617. The highest BCUT2D eigenvalue weighted by Gasteiger charge is 2.10. The predicted molar refractivity (Wildman–Crippen MR) is 94.5 cm³/mol. The van der Waals surface area contributed by atoms with Crippen LogP contribution in [0.3, 0.4) is 0 Å². The van der Waals surface area contributed by atoms with Crippen LogP contribution >= 0.6 is 0 Å². The van der Waals surface area contributed by atoms with E-state index in [0.29, 0.717) is 6.61 Å². The van der Waals surface area contributed by atoms with Crippen molar-refractivity contribution in [2.24, 2.45) is 0 Å². The monoisotopic (exact) mass is 313 g/mol. The van der Waals surface area contributed by atoms with E-state index in [-0.39, 0.29) is 5.60 Å². The summed E-state index contributed by atoms with van der Waals surface area (Å²) in [4.78, 5) is 0. The molecule has 0 heterocycles. The van der Waals surface area contributed by atoms with E-state index in [1.807, 2.05) is 12.1 Å². The molecule has 0 aromatic heterocycles. The maximum Gasteiger partial charge on any atom is 0.119 e. The summed E-state index contributed by atoms with van der Waals surface area (Å²) >= 11 is 0. The minimum atomic E-state index is -0.110. The Morgan fingerprint density at radius 3 is 2.13 bits per heavy atom. The molecule has 3 nitrogen and oxygen atoms in total. The number of benzene rings is 2. The third-order valence-corrected chi connectivity index (χ3v) is 3.46. The second-order valence-electron chi connectivity index (χ2n) is 6.68. The van der Waals surface area contributed by atoms with E-state index >= 15 is 0 Å². The summed E-state index contributed by atoms with van der Waals surface area (Å²) in [6, 6.07) is 16.7. The van der Waals surface area contributed by atoms with Crippen molar-refractivity contribution < 1.29 is 9.47 Å². The summed E-state index contributed by atoms with van der Waals surface area (Å²) < 4.78 is 11.1. The van der Waals surface area contributed by atoms with Crippen LogP contribution in [0.25, 0.3) is 0 Å². The third-order valence-electron chi connectivity index (χ3n) is 3.46. The van der Waals surface area contributed by atoms with Gasteiger partial charge in [-0.1, -0.05) is 36.4 Å². The molecule has 2 aromatic carbocycles. The van der Waals surface area contributed by atoms with Gasteiger partial charge in [0.25, 0.3) is 0 Å². The van der Waals surface area contributed by atoms with Crippen molar-refractivity contribution in [3.63, 3.8) is 0 Å². The molecule has 0 saturated carbocycles. The predicted octanol–water partition coefficient (Wildman–Crippen LogP) is 4.30. The molecule has 0 unspecified atom stereocenters. The van der Waals surface area contributed by atoms with E-state index in [4.69, 9.17) is 9.47 Å². The first kappa shape index (κ1) is 17.5. The van der Waals surface area contributed by atoms with Crippen molar-refractivity contribution >= 4 is 0 Å². The molecule has 0 aliphatic rings. The van der Waals surface area contributed by atoms with E-state index in [1.165, 1.54) is 16.7 Å². The van der Waals surface area contributed by atoms with E-state index in [9.17, 15) is 0 Å². The number of nitrogens with one attached hydrogen (secondary N) is 1. The van der Waals surface area contributed by atoms with Gasteiger partial charge in [-0.25, -0.2) is 0 Å². The van der Waals surface area contributed by atoms with Crippen LogP contribution < -0.4 is 10.1 Å². The zero-order chi connectivity index (χ0) is 16.7. The van der Waals surface area contributed by atoms with Crippen LogP contribution in [-0.2, 0) is 24.4 Å². The standard InChI is InChI=1S/C20H27NO2/c1-20(2,3)23-15-18-9-5-7-16(11-18)13-21-14-17-8-6-10-19(12-17)22-4/h5-12,21H,13-15H2,1-4H3. The first-order valence-electron chi connectivity index (χ1n) is 8.02. The molecule has 124 valence electrons. The number of hydrogen-bond acceptors (Lipinski definition) is 3. The molecule has 0 saturated heterocycles. The van der Waals surface area contributed by atoms with Crippen molar-refractivity contribution in [2.75, 3.05) is 7.11 Å². The molecule has 0 aliphatic carbocycles. The first-order valence-corrected chi connectivity index (χ1v) is 8.02. The SMILES string of the molecule is COc1cccc(CNCc2cccc(COC(C)(C)C)c2)c1. The van der Waals surface area contributed by atoms with Crippen LogP contribution in [0.1, 0.15) is 37.5 Å². The van der Waals surface area contributed by atoms with E-state index in [1.54, 1.807) is 7.11 Å². The third kappa shape index (κ3) is 6.43. The molecule has 0 aliphatic heterocycles. The molecular formula is C20H27NO2. The minimum Gasteiger partial charge on any atom is -0.497 e. The summed E-state index contributed by atoms with van der Waals surface area (Å²) in [6.07, 6.45) is 0. The van der Waals surface area contributed by atoms with Gasteiger partial charge in [-0.15, -0.1) is 0 Å². The van der Waals surface area contributed by atoms with Gasteiger partial charge in [0, 0.05) is 13.1 Å². The maximum absolute atomic E-state index is 5.84. The van der Waals surface area contributed by atoms with Gasteiger partial charge in [0.2, 0.25) is 0 Å². The van der Waals surface area contributed by atoms with Gasteiger partial charge in [-0.3, -0.25) is 0 Å². The lowest BCUT2D eigenvalue weighted by Gasteiger charge is -2.19. The van der Waals surface area contributed by atoms with E-state index in [0.717, 1.165) is 18.8 Å². The lowest BCUT2D eigenvalue weighted by Crippen LogP contribution is -2.18. The van der Waals surface area contributed by atoms with Gasteiger partial charge < -0.3 is 14.8 Å². The molecule has 0 radical (unpaired) electrons. The second kappa shape index (κ2) is 8.14. The summed E-state index contributed by atoms with van der Waals surface area (Å²) in [5.41, 5.74) is 3.58. The summed E-state index contributed by atoms with van der Waals surface area (Å²) in [5.74, 6) is 0.894. The van der Waals surface area contributed by atoms with Gasteiger partial charge in [-0.05, 0) is 49.6 Å². The van der Waals surface area contributed by atoms with Crippen LogP contribution in [-0.4, -0.2) is 12.7 Å². The molecule has 0 amide bonds. The highest BCUT2D eigenvalue weighted by Crippen LogP contribution is 2.14. The van der Waals surface area contributed by atoms with Crippen molar-refractivity contribution in [1.82, 2.24) is 5.32 Å². The van der Waals surface area contributed by atoms with Crippen molar-refractivity contribution in [3.8, 4) is 5.75 Å². The summed E-state index contributed by atoms with van der Waals surface area (Å²) in [7, 11) is 1.69. The minimum absolute atomic E-state index is 0.110. The van der Waals surface area contributed by atoms with Crippen LogP contribution in [0.2, 0.25) is 0 Å². The maximum atomic E-state index is 5.84. The Labute approximate surface area is 139 Å². The molecule has 2 rings (SSSR count). The Hall–Kier alpha value is -1.84. The number of rotatable bonds is 7. The van der Waals surface area contributed by atoms with Gasteiger partial charge in [0.1, 0.15) is 5.75 Å². The summed E-state index contributed by atoms with van der Waals surface area (Å²) in [5, 5.41) is 3.47. The van der Waals surface area contributed by atoms with Crippen LogP contribution in [0.4, 0.5) is 0 Å². The molecular weight excluding hydrogens is 286 g/mol. The fourth-order valence-electron chi connectivity index (χ4n) is 2.26. The first-order chi connectivity index (χ1) is 11.0. The molecule has 0 fully saturated rings. The molecule has 0 atom stereocenters. The highest BCUT2D eigenvalue weighted by atomic mass is 16.5. The summed E-state index contributed by atoms with van der Waals surface area (Å²) in [6.45, 7) is 8.53. The zero-order valence-electron chi connectivity index (χ0n) is 14.6. The van der Waals surface area contributed by atoms with Crippen molar-refractivity contribution in [1.29, 1.82) is 0 Å². The van der Waals surface area contributed by atoms with Gasteiger partial charge >= 0.3 is 0 Å². The Balaban J connectivity index is 1.85. The smallest absolute Gasteiger partial charge is 0.119 e. The average molecular weight is 313 g/mol. The molecule has 23 heavy (non-hydrogen) atoms. The van der Waals surface area contributed by atoms with Crippen LogP contribution in [0.5, 0.6) is 5.75 Å². The van der Waals surface area contributed by atoms with Crippen LogP contribution in [0.15, 0.2) is 48.5 Å². The number of ether oxygens (including phenoxy) is 2. The zero-order valence-corrected chi connectivity index (χ0v) is 14.6. The molecule has 0 bridgehead atoms. The topological polar surface area (TPSA) is 30.5 Å². The largest absolute Gasteiger partial charge is 0.497 e. The lowest BCUT2D eigenvalue weighted by atomic mass is 10.1. The van der Waals surface area contributed by atoms with Gasteiger partial charge in [0.15, 0.2) is 0 Å². The van der Waals surface area contributed by atoms with Crippen molar-refractivity contribution in [3.05, 3.63) is 65.2 Å². The molecule has 0 spiro atoms. The highest BCUT2D eigenvalue weighted by molar-refractivity contribution is 5.28. The molecule has 3 heteroatoms. The van der Waals surface area contributed by atoms with Gasteiger partial charge in [0.05, 0.1) is 19.3 Å². The molecule has 2 aromatic rings. The Morgan fingerprint density at radius 1 is 0.870 bits per heavy atom. The fraction of sp³-hybridized carbons (Fsp3) is 0.400. The van der Waals surface area contributed by atoms with Gasteiger partial charge in [-0.2, -0.15) is 0 Å². The average Bonchev–Trinajstić information content (AvgIpc) is 2.53. The number of hydrogen-bond donors (Lipinski definition) is 1. The Morgan fingerprint density at radius 2 is 1.48 bits per heavy atom. The quantitative estimate of drug-likeness (QED) is 0.826. The fourth-order valence-corrected chi connectivity index (χ4v) is 2.26.